The number of rotatable bonds is 4. The Hall–Kier alpha value is -2.36. The van der Waals surface area contributed by atoms with Gasteiger partial charge in [-0.3, -0.25) is 4.79 Å². The number of cyclic esters (lactones) is 1. The van der Waals surface area contributed by atoms with Crippen molar-refractivity contribution in [1.82, 2.24) is 4.57 Å². The topological polar surface area (TPSA) is 48.3 Å². The molecule has 0 spiro atoms. The molecule has 0 saturated heterocycles. The van der Waals surface area contributed by atoms with E-state index in [0.717, 1.165) is 18.4 Å². The molecule has 2 heterocycles. The summed E-state index contributed by atoms with van der Waals surface area (Å²) in [4.78, 5) is 23.1. The summed E-state index contributed by atoms with van der Waals surface area (Å²) in [6.45, 7) is 0.245. The van der Waals surface area contributed by atoms with Gasteiger partial charge in [0.15, 0.2) is 6.29 Å². The van der Waals surface area contributed by atoms with Gasteiger partial charge in [0.2, 0.25) is 0 Å². The number of ether oxygens (including phenoxy) is 1. The van der Waals surface area contributed by atoms with E-state index in [9.17, 15) is 9.59 Å². The van der Waals surface area contributed by atoms with Gasteiger partial charge < -0.3 is 9.30 Å². The fourth-order valence-electron chi connectivity index (χ4n) is 2.64. The molecule has 1 aromatic carbocycles. The largest absolute Gasteiger partial charge is 0.458 e. The molecule has 0 amide bonds. The minimum Gasteiger partial charge on any atom is -0.458 e. The Morgan fingerprint density at radius 2 is 2.00 bits per heavy atom. The van der Waals surface area contributed by atoms with Gasteiger partial charge in [-0.05, 0) is 30.5 Å². The Morgan fingerprint density at radius 3 is 2.75 bits per heavy atom. The fourth-order valence-corrected chi connectivity index (χ4v) is 2.64. The molecule has 4 heteroatoms. The highest BCUT2D eigenvalue weighted by Crippen LogP contribution is 2.27. The van der Waals surface area contributed by atoms with Crippen LogP contribution in [0, 0.1) is 0 Å². The summed E-state index contributed by atoms with van der Waals surface area (Å²) in [7, 11) is 0. The van der Waals surface area contributed by atoms with Crippen molar-refractivity contribution in [1.29, 1.82) is 0 Å². The Labute approximate surface area is 117 Å². The first-order valence-corrected chi connectivity index (χ1v) is 6.65. The van der Waals surface area contributed by atoms with Crippen molar-refractivity contribution in [3.8, 4) is 0 Å². The standard InChI is InChI=1S/C16H15NO3/c18-10-13-7-8-14-11-20-16(19)15(17(13)14)9-6-12-4-2-1-3-5-12/h1-5,7-8,10,15H,6,9,11H2. The van der Waals surface area contributed by atoms with Crippen LogP contribution in [-0.4, -0.2) is 16.8 Å². The van der Waals surface area contributed by atoms with Crippen LogP contribution in [0.2, 0.25) is 0 Å². The molecule has 0 N–H and O–H groups in total. The van der Waals surface area contributed by atoms with Crippen LogP contribution >= 0.6 is 0 Å². The summed E-state index contributed by atoms with van der Waals surface area (Å²) in [6.07, 6.45) is 2.19. The van der Waals surface area contributed by atoms with Crippen molar-refractivity contribution >= 4 is 12.3 Å². The van der Waals surface area contributed by atoms with Gasteiger partial charge in [-0.2, -0.15) is 0 Å². The number of hydrogen-bond acceptors (Lipinski definition) is 3. The van der Waals surface area contributed by atoms with Crippen LogP contribution in [0.25, 0.3) is 0 Å². The van der Waals surface area contributed by atoms with Crippen LogP contribution in [0.5, 0.6) is 0 Å². The zero-order valence-electron chi connectivity index (χ0n) is 11.0. The minimum absolute atomic E-state index is 0.245. The van der Waals surface area contributed by atoms with Gasteiger partial charge >= 0.3 is 5.97 Å². The highest BCUT2D eigenvalue weighted by Gasteiger charge is 2.30. The van der Waals surface area contributed by atoms with E-state index in [2.05, 4.69) is 0 Å². The molecule has 4 nitrogen and oxygen atoms in total. The molecule has 0 bridgehead atoms. The number of aryl methyl sites for hydroxylation is 1. The Bertz CT molecular complexity index is 630. The number of hydrogen-bond donors (Lipinski definition) is 0. The third kappa shape index (κ3) is 2.25. The van der Waals surface area contributed by atoms with Gasteiger partial charge in [0.25, 0.3) is 0 Å². The maximum atomic E-state index is 12.0. The van der Waals surface area contributed by atoms with E-state index in [4.69, 9.17) is 4.74 Å². The molecule has 1 atom stereocenters. The number of aldehydes is 1. The third-order valence-electron chi connectivity index (χ3n) is 3.65. The predicted molar refractivity (Wildman–Crippen MR) is 73.4 cm³/mol. The van der Waals surface area contributed by atoms with Crippen molar-refractivity contribution in [3.05, 3.63) is 59.4 Å². The normalized spacial score (nSPS) is 17.4. The molecule has 20 heavy (non-hydrogen) atoms. The van der Waals surface area contributed by atoms with Gasteiger partial charge in [0.1, 0.15) is 12.6 Å². The lowest BCUT2D eigenvalue weighted by atomic mass is 10.0. The van der Waals surface area contributed by atoms with E-state index in [-0.39, 0.29) is 12.6 Å². The van der Waals surface area contributed by atoms with Crippen molar-refractivity contribution in [2.75, 3.05) is 0 Å². The second-order valence-electron chi connectivity index (χ2n) is 4.89. The number of carbonyl (C=O) groups is 2. The first kappa shape index (κ1) is 12.7. The molecule has 0 fully saturated rings. The lowest BCUT2D eigenvalue weighted by molar-refractivity contribution is -0.152. The van der Waals surface area contributed by atoms with Gasteiger partial charge in [-0.25, -0.2) is 4.79 Å². The molecule has 1 unspecified atom stereocenters. The van der Waals surface area contributed by atoms with E-state index in [1.165, 1.54) is 5.56 Å². The molecule has 0 saturated carbocycles. The van der Waals surface area contributed by atoms with Gasteiger partial charge in [-0.15, -0.1) is 0 Å². The number of carbonyl (C=O) groups excluding carboxylic acids is 2. The van der Waals surface area contributed by atoms with Crippen LogP contribution in [0.1, 0.15) is 34.2 Å². The number of benzene rings is 1. The minimum atomic E-state index is -0.408. The second kappa shape index (κ2) is 5.33. The summed E-state index contributed by atoms with van der Waals surface area (Å²) in [6, 6.07) is 13.2. The highest BCUT2D eigenvalue weighted by molar-refractivity contribution is 5.79. The van der Waals surface area contributed by atoms with Crippen LogP contribution in [0.15, 0.2) is 42.5 Å². The monoisotopic (exact) mass is 269 g/mol. The van der Waals surface area contributed by atoms with Gasteiger partial charge in [-0.1, -0.05) is 30.3 Å². The highest BCUT2D eigenvalue weighted by atomic mass is 16.5. The van der Waals surface area contributed by atoms with Crippen LogP contribution in [0.3, 0.4) is 0 Å². The van der Waals surface area contributed by atoms with Crippen molar-refractivity contribution in [2.24, 2.45) is 0 Å². The smallest absolute Gasteiger partial charge is 0.329 e. The van der Waals surface area contributed by atoms with E-state index >= 15 is 0 Å². The van der Waals surface area contributed by atoms with Crippen molar-refractivity contribution in [2.45, 2.75) is 25.5 Å². The number of fused-ring (bicyclic) bond motifs is 1. The van der Waals surface area contributed by atoms with E-state index in [1.807, 2.05) is 41.0 Å². The first-order chi connectivity index (χ1) is 9.79. The van der Waals surface area contributed by atoms with E-state index in [1.54, 1.807) is 6.07 Å². The Kier molecular flexibility index (Phi) is 3.37. The van der Waals surface area contributed by atoms with Crippen molar-refractivity contribution in [3.63, 3.8) is 0 Å². The molecule has 0 aliphatic carbocycles. The van der Waals surface area contributed by atoms with Crippen molar-refractivity contribution < 1.29 is 14.3 Å². The summed E-state index contributed by atoms with van der Waals surface area (Å²) in [5, 5.41) is 0. The maximum Gasteiger partial charge on any atom is 0.329 e. The predicted octanol–water partition coefficient (Wildman–Crippen LogP) is 2.53. The SMILES string of the molecule is O=Cc1ccc2n1C(CCc1ccccc1)C(=O)OC2. The zero-order chi connectivity index (χ0) is 13.9. The number of esters is 1. The summed E-state index contributed by atoms with van der Waals surface area (Å²) >= 11 is 0. The zero-order valence-corrected chi connectivity index (χ0v) is 11.0. The molecular formula is C16H15NO3. The fraction of sp³-hybridized carbons (Fsp3) is 0.250. The van der Waals surface area contributed by atoms with Crippen LogP contribution < -0.4 is 0 Å². The van der Waals surface area contributed by atoms with Crippen LogP contribution in [-0.2, 0) is 22.6 Å². The molecule has 2 aromatic rings. The Balaban J connectivity index is 1.84. The number of nitrogens with zero attached hydrogens (tertiary/aromatic N) is 1. The lowest BCUT2D eigenvalue weighted by Crippen LogP contribution is -2.30. The molecular weight excluding hydrogens is 254 g/mol. The third-order valence-corrected chi connectivity index (χ3v) is 3.65. The summed E-state index contributed by atoms with van der Waals surface area (Å²) in [5.74, 6) is -0.257. The molecule has 102 valence electrons. The van der Waals surface area contributed by atoms with Gasteiger partial charge in [0, 0.05) is 0 Å². The second-order valence-corrected chi connectivity index (χ2v) is 4.89. The molecule has 1 aliphatic rings. The van der Waals surface area contributed by atoms with Gasteiger partial charge in [0.05, 0.1) is 11.4 Å². The molecule has 1 aliphatic heterocycles. The number of aromatic nitrogens is 1. The quantitative estimate of drug-likeness (QED) is 0.633. The molecule has 0 radical (unpaired) electrons. The summed E-state index contributed by atoms with van der Waals surface area (Å²) < 4.78 is 6.99. The Morgan fingerprint density at radius 1 is 1.20 bits per heavy atom. The van der Waals surface area contributed by atoms with E-state index in [0.29, 0.717) is 12.1 Å². The van der Waals surface area contributed by atoms with Crippen LogP contribution in [0.4, 0.5) is 0 Å². The molecule has 1 aromatic heterocycles. The molecule has 3 rings (SSSR count). The first-order valence-electron chi connectivity index (χ1n) is 6.65. The average molecular weight is 269 g/mol. The average Bonchev–Trinajstić information content (AvgIpc) is 2.90. The summed E-state index contributed by atoms with van der Waals surface area (Å²) in [5.41, 5.74) is 2.59. The van der Waals surface area contributed by atoms with E-state index < -0.39 is 6.04 Å². The maximum absolute atomic E-state index is 12.0. The lowest BCUT2D eigenvalue weighted by Gasteiger charge is -2.26.